The molecule has 0 aliphatic heterocycles. The fourth-order valence-electron chi connectivity index (χ4n) is 1.92. The van der Waals surface area contributed by atoms with Gasteiger partial charge in [-0.1, -0.05) is 19.9 Å². The zero-order chi connectivity index (χ0) is 12.1. The summed E-state index contributed by atoms with van der Waals surface area (Å²) in [5.41, 5.74) is 8.17. The van der Waals surface area contributed by atoms with Crippen LogP contribution in [0.15, 0.2) is 23.1 Å². The van der Waals surface area contributed by atoms with Gasteiger partial charge in [0.05, 0.1) is 0 Å². The highest BCUT2D eigenvalue weighted by atomic mass is 32.2. The SMILES string of the molecule is CNCC(c1ccc(N)c(SC)c1)C(C)C. The molecule has 3 heteroatoms. The molecule has 1 rings (SSSR count). The number of nitrogens with two attached hydrogens (primary N) is 1. The highest BCUT2D eigenvalue weighted by Gasteiger charge is 2.15. The average molecular weight is 238 g/mol. The summed E-state index contributed by atoms with van der Waals surface area (Å²) in [5, 5.41) is 3.26. The maximum Gasteiger partial charge on any atom is 0.0452 e. The summed E-state index contributed by atoms with van der Waals surface area (Å²) < 4.78 is 0. The third-order valence-electron chi connectivity index (χ3n) is 2.91. The second kappa shape index (κ2) is 6.16. The van der Waals surface area contributed by atoms with Crippen LogP contribution in [-0.4, -0.2) is 19.8 Å². The summed E-state index contributed by atoms with van der Waals surface area (Å²) in [5.74, 6) is 1.18. The fraction of sp³-hybridized carbons (Fsp3) is 0.538. The largest absolute Gasteiger partial charge is 0.398 e. The van der Waals surface area contributed by atoms with E-state index in [2.05, 4.69) is 37.6 Å². The molecule has 0 aromatic heterocycles. The predicted octanol–water partition coefficient (Wildman–Crippen LogP) is 2.95. The van der Waals surface area contributed by atoms with Crippen molar-refractivity contribution in [1.82, 2.24) is 5.32 Å². The number of benzene rings is 1. The Hall–Kier alpha value is -0.670. The number of hydrogen-bond donors (Lipinski definition) is 2. The molecule has 0 amide bonds. The molecule has 1 unspecified atom stereocenters. The number of thioether (sulfide) groups is 1. The minimum absolute atomic E-state index is 0.552. The Morgan fingerprint density at radius 1 is 1.38 bits per heavy atom. The third kappa shape index (κ3) is 3.16. The van der Waals surface area contributed by atoms with E-state index in [-0.39, 0.29) is 0 Å². The highest BCUT2D eigenvalue weighted by Crippen LogP contribution is 2.30. The Morgan fingerprint density at radius 3 is 2.56 bits per heavy atom. The van der Waals surface area contributed by atoms with Crippen LogP contribution in [0.5, 0.6) is 0 Å². The molecule has 0 aliphatic carbocycles. The quantitative estimate of drug-likeness (QED) is 0.612. The van der Waals surface area contributed by atoms with Crippen molar-refractivity contribution in [3.8, 4) is 0 Å². The van der Waals surface area contributed by atoms with Gasteiger partial charge < -0.3 is 11.1 Å². The summed E-state index contributed by atoms with van der Waals surface area (Å²) in [6, 6.07) is 6.39. The van der Waals surface area contributed by atoms with E-state index < -0.39 is 0 Å². The van der Waals surface area contributed by atoms with Crippen LogP contribution in [0.3, 0.4) is 0 Å². The first kappa shape index (κ1) is 13.4. The first-order chi connectivity index (χ1) is 7.60. The molecular formula is C13H22N2S. The van der Waals surface area contributed by atoms with Gasteiger partial charge in [0.25, 0.3) is 0 Å². The molecule has 0 aliphatic rings. The number of anilines is 1. The standard InChI is InChI=1S/C13H22N2S/c1-9(2)11(8-15-3)10-5-6-12(14)13(7-10)16-4/h5-7,9,11,15H,8,14H2,1-4H3. The molecule has 1 atom stereocenters. The van der Waals surface area contributed by atoms with Gasteiger partial charge >= 0.3 is 0 Å². The Kier molecular flexibility index (Phi) is 5.16. The van der Waals surface area contributed by atoms with Gasteiger partial charge in [-0.2, -0.15) is 0 Å². The lowest BCUT2D eigenvalue weighted by Crippen LogP contribution is -2.21. The molecule has 0 saturated heterocycles. The maximum atomic E-state index is 5.91. The summed E-state index contributed by atoms with van der Waals surface area (Å²) in [6.07, 6.45) is 2.07. The predicted molar refractivity (Wildman–Crippen MR) is 74.1 cm³/mol. The van der Waals surface area contributed by atoms with Gasteiger partial charge in [-0.15, -0.1) is 11.8 Å². The molecule has 0 fully saturated rings. The lowest BCUT2D eigenvalue weighted by Gasteiger charge is -2.22. The van der Waals surface area contributed by atoms with E-state index in [1.807, 2.05) is 13.1 Å². The van der Waals surface area contributed by atoms with Gasteiger partial charge in [0.15, 0.2) is 0 Å². The molecule has 16 heavy (non-hydrogen) atoms. The van der Waals surface area contributed by atoms with Crippen LogP contribution in [0.2, 0.25) is 0 Å². The molecule has 0 bridgehead atoms. The van der Waals surface area contributed by atoms with Crippen molar-refractivity contribution >= 4 is 17.4 Å². The van der Waals surface area contributed by atoms with E-state index in [4.69, 9.17) is 5.73 Å². The maximum absolute atomic E-state index is 5.91. The van der Waals surface area contributed by atoms with Crippen molar-refractivity contribution in [2.24, 2.45) is 5.92 Å². The fourth-order valence-corrected chi connectivity index (χ4v) is 2.47. The van der Waals surface area contributed by atoms with Crippen LogP contribution in [0, 0.1) is 5.92 Å². The normalized spacial score (nSPS) is 13.1. The summed E-state index contributed by atoms with van der Waals surface area (Å²) in [7, 11) is 2.00. The van der Waals surface area contributed by atoms with Crippen LogP contribution in [0.1, 0.15) is 25.3 Å². The third-order valence-corrected chi connectivity index (χ3v) is 3.71. The van der Waals surface area contributed by atoms with E-state index in [1.54, 1.807) is 11.8 Å². The molecule has 2 nitrogen and oxygen atoms in total. The lowest BCUT2D eigenvalue weighted by molar-refractivity contribution is 0.478. The van der Waals surface area contributed by atoms with E-state index in [9.17, 15) is 0 Å². The summed E-state index contributed by atoms with van der Waals surface area (Å²) in [4.78, 5) is 1.18. The Bertz CT molecular complexity index is 337. The molecule has 1 aromatic rings. The molecule has 3 N–H and O–H groups in total. The van der Waals surface area contributed by atoms with Gasteiger partial charge in [0.2, 0.25) is 0 Å². The van der Waals surface area contributed by atoms with Crippen molar-refractivity contribution in [3.63, 3.8) is 0 Å². The topological polar surface area (TPSA) is 38.0 Å². The Morgan fingerprint density at radius 2 is 2.06 bits per heavy atom. The van der Waals surface area contributed by atoms with Crippen molar-refractivity contribution in [1.29, 1.82) is 0 Å². The molecule has 1 aromatic carbocycles. The number of hydrogen-bond acceptors (Lipinski definition) is 3. The smallest absolute Gasteiger partial charge is 0.0452 e. The number of nitrogen functional groups attached to an aromatic ring is 1. The molecule has 90 valence electrons. The second-order valence-corrected chi connectivity index (χ2v) is 5.26. The number of rotatable bonds is 5. The van der Waals surface area contributed by atoms with Gasteiger partial charge in [-0.3, -0.25) is 0 Å². The second-order valence-electron chi connectivity index (χ2n) is 4.41. The molecule has 0 spiro atoms. The zero-order valence-corrected chi connectivity index (χ0v) is 11.4. The number of nitrogens with one attached hydrogen (secondary N) is 1. The van der Waals surface area contributed by atoms with Gasteiger partial charge in [-0.05, 0) is 42.8 Å². The van der Waals surface area contributed by atoms with Gasteiger partial charge in [0.1, 0.15) is 0 Å². The van der Waals surface area contributed by atoms with E-state index in [0.29, 0.717) is 11.8 Å². The van der Waals surface area contributed by atoms with Crippen molar-refractivity contribution in [3.05, 3.63) is 23.8 Å². The van der Waals surface area contributed by atoms with Crippen LogP contribution in [-0.2, 0) is 0 Å². The van der Waals surface area contributed by atoms with Crippen molar-refractivity contribution < 1.29 is 0 Å². The molecular weight excluding hydrogens is 216 g/mol. The first-order valence-electron chi connectivity index (χ1n) is 5.68. The van der Waals surface area contributed by atoms with Crippen LogP contribution < -0.4 is 11.1 Å². The Balaban J connectivity index is 3.00. The van der Waals surface area contributed by atoms with E-state index in [1.165, 1.54) is 10.5 Å². The Labute approximate surface area is 103 Å². The monoisotopic (exact) mass is 238 g/mol. The van der Waals surface area contributed by atoms with Gasteiger partial charge in [-0.25, -0.2) is 0 Å². The van der Waals surface area contributed by atoms with Crippen LogP contribution >= 0.6 is 11.8 Å². The minimum Gasteiger partial charge on any atom is -0.398 e. The minimum atomic E-state index is 0.552. The average Bonchev–Trinajstić information content (AvgIpc) is 2.26. The molecule has 0 saturated carbocycles. The lowest BCUT2D eigenvalue weighted by atomic mass is 9.88. The summed E-state index contributed by atoms with van der Waals surface area (Å²) in [6.45, 7) is 5.53. The number of likely N-dealkylation sites (N-methyl/N-ethyl adjacent to an activating group) is 1. The van der Waals surface area contributed by atoms with Crippen molar-refractivity contribution in [2.75, 3.05) is 25.6 Å². The zero-order valence-electron chi connectivity index (χ0n) is 10.6. The van der Waals surface area contributed by atoms with Gasteiger partial charge in [0, 0.05) is 17.1 Å². The summed E-state index contributed by atoms with van der Waals surface area (Å²) >= 11 is 1.71. The van der Waals surface area contributed by atoms with Crippen LogP contribution in [0.4, 0.5) is 5.69 Å². The van der Waals surface area contributed by atoms with Crippen LogP contribution in [0.25, 0.3) is 0 Å². The first-order valence-corrected chi connectivity index (χ1v) is 6.90. The van der Waals surface area contributed by atoms with E-state index >= 15 is 0 Å². The molecule has 0 radical (unpaired) electrons. The molecule has 0 heterocycles. The van der Waals surface area contributed by atoms with Crippen molar-refractivity contribution in [2.45, 2.75) is 24.7 Å². The van der Waals surface area contributed by atoms with E-state index in [0.717, 1.165) is 12.2 Å². The highest BCUT2D eigenvalue weighted by molar-refractivity contribution is 7.98.